The zero-order valence-electron chi connectivity index (χ0n) is 12.3. The standard InChI is InChI=1S/C15H25NO2/c1-6-10(3)16-11(7-2)14-12(17)8-15(4,5)9-13(14)18/h10,17H,6-9H2,1-5H3/p+1/t10-/m1/s1. The van der Waals surface area contributed by atoms with Gasteiger partial charge in [-0.15, -0.1) is 0 Å². The molecule has 0 spiro atoms. The van der Waals surface area contributed by atoms with Crippen LogP contribution in [-0.4, -0.2) is 22.6 Å². The number of nitrogens with one attached hydrogen (secondary N) is 1. The van der Waals surface area contributed by atoms with Crippen LogP contribution in [-0.2, 0) is 4.79 Å². The maximum atomic E-state index is 12.2. The van der Waals surface area contributed by atoms with E-state index in [9.17, 15) is 9.90 Å². The second kappa shape index (κ2) is 5.68. The number of rotatable bonds is 4. The van der Waals surface area contributed by atoms with Gasteiger partial charge in [-0.3, -0.25) is 4.79 Å². The van der Waals surface area contributed by atoms with Crippen LogP contribution in [0, 0.1) is 5.41 Å². The van der Waals surface area contributed by atoms with E-state index >= 15 is 0 Å². The van der Waals surface area contributed by atoms with E-state index in [4.69, 9.17) is 0 Å². The lowest BCUT2D eigenvalue weighted by molar-refractivity contribution is -0.499. The van der Waals surface area contributed by atoms with Crippen LogP contribution in [0.25, 0.3) is 0 Å². The van der Waals surface area contributed by atoms with Crippen molar-refractivity contribution in [1.82, 2.24) is 0 Å². The summed E-state index contributed by atoms with van der Waals surface area (Å²) in [7, 11) is 0. The molecule has 0 aromatic rings. The first-order chi connectivity index (χ1) is 8.30. The van der Waals surface area contributed by atoms with Gasteiger partial charge in [0.2, 0.25) is 0 Å². The summed E-state index contributed by atoms with van der Waals surface area (Å²) >= 11 is 0. The lowest BCUT2D eigenvalue weighted by Crippen LogP contribution is -2.79. The minimum absolute atomic E-state index is 0.0661. The topological polar surface area (TPSA) is 51.3 Å². The number of carbonyl (C=O) groups is 1. The van der Waals surface area contributed by atoms with Crippen LogP contribution in [0.1, 0.15) is 60.3 Å². The molecule has 1 aliphatic rings. The van der Waals surface area contributed by atoms with E-state index in [1.165, 1.54) is 0 Å². The summed E-state index contributed by atoms with van der Waals surface area (Å²) in [4.78, 5) is 15.6. The molecule has 0 saturated carbocycles. The Morgan fingerprint density at radius 3 is 2.44 bits per heavy atom. The van der Waals surface area contributed by atoms with Gasteiger partial charge in [-0.25, -0.2) is 4.99 Å². The van der Waals surface area contributed by atoms with Crippen molar-refractivity contribution < 1.29 is 14.9 Å². The molecule has 1 rings (SSSR count). The molecular weight excluding hydrogens is 226 g/mol. The highest BCUT2D eigenvalue weighted by Crippen LogP contribution is 2.35. The van der Waals surface area contributed by atoms with Gasteiger partial charge in [-0.1, -0.05) is 27.7 Å². The van der Waals surface area contributed by atoms with Gasteiger partial charge in [-0.05, 0) is 12.3 Å². The summed E-state index contributed by atoms with van der Waals surface area (Å²) in [5, 5.41) is 10.2. The van der Waals surface area contributed by atoms with Crippen molar-refractivity contribution >= 4 is 11.5 Å². The largest absolute Gasteiger partial charge is 0.511 e. The normalized spacial score (nSPS) is 22.3. The summed E-state index contributed by atoms with van der Waals surface area (Å²) in [6, 6.07) is 0.322. The van der Waals surface area contributed by atoms with E-state index < -0.39 is 0 Å². The lowest BCUT2D eigenvalue weighted by atomic mass is 9.75. The number of hydrogen-bond acceptors (Lipinski definition) is 2. The average Bonchev–Trinajstić information content (AvgIpc) is 2.24. The minimum atomic E-state index is -0.125. The van der Waals surface area contributed by atoms with Crippen LogP contribution in [0.3, 0.4) is 0 Å². The van der Waals surface area contributed by atoms with Crippen molar-refractivity contribution in [3.8, 4) is 0 Å². The van der Waals surface area contributed by atoms with E-state index in [0.717, 1.165) is 18.6 Å². The highest BCUT2D eigenvalue weighted by molar-refractivity contribution is 6.21. The first-order valence-corrected chi connectivity index (χ1v) is 6.88. The third-order valence-corrected chi connectivity index (χ3v) is 3.54. The van der Waals surface area contributed by atoms with Gasteiger partial charge in [0.25, 0.3) is 0 Å². The van der Waals surface area contributed by atoms with Gasteiger partial charge >= 0.3 is 0 Å². The van der Waals surface area contributed by atoms with Gasteiger partial charge in [0, 0.05) is 25.7 Å². The fourth-order valence-corrected chi connectivity index (χ4v) is 2.38. The summed E-state index contributed by atoms with van der Waals surface area (Å²) in [6.07, 6.45) is 2.84. The molecule has 1 atom stereocenters. The quantitative estimate of drug-likeness (QED) is 0.751. The molecule has 18 heavy (non-hydrogen) atoms. The number of hydrogen-bond donors (Lipinski definition) is 2. The smallest absolute Gasteiger partial charge is 0.188 e. The number of carbonyl (C=O) groups excluding carboxylic acids is 1. The number of ketones is 1. The van der Waals surface area contributed by atoms with Crippen LogP contribution in [0.15, 0.2) is 11.3 Å². The Bertz CT molecular complexity index is 391. The molecule has 3 nitrogen and oxygen atoms in total. The molecule has 0 fully saturated rings. The molecule has 2 N–H and O–H groups in total. The summed E-state index contributed by atoms with van der Waals surface area (Å²) in [5.74, 6) is 0.320. The SMILES string of the molecule is CCC(=[NH+][C@H](C)CC)C1=C(O)CC(C)(C)CC1=O. The Kier molecular flexibility index (Phi) is 4.71. The van der Waals surface area contributed by atoms with Crippen LogP contribution in [0.4, 0.5) is 0 Å². The third kappa shape index (κ3) is 3.44. The molecule has 102 valence electrons. The second-order valence-electron chi connectivity index (χ2n) is 6.05. The van der Waals surface area contributed by atoms with E-state index in [1.807, 2.05) is 20.8 Å². The Labute approximate surface area is 110 Å². The van der Waals surface area contributed by atoms with Gasteiger partial charge in [0.05, 0.1) is 0 Å². The van der Waals surface area contributed by atoms with Crippen molar-refractivity contribution in [3.63, 3.8) is 0 Å². The molecule has 0 bridgehead atoms. The van der Waals surface area contributed by atoms with Crippen molar-refractivity contribution in [1.29, 1.82) is 0 Å². The monoisotopic (exact) mass is 252 g/mol. The predicted octanol–water partition coefficient (Wildman–Crippen LogP) is 1.92. The first kappa shape index (κ1) is 14.9. The molecule has 0 aliphatic heterocycles. The van der Waals surface area contributed by atoms with Crippen LogP contribution < -0.4 is 4.99 Å². The fraction of sp³-hybridized carbons (Fsp3) is 0.733. The zero-order chi connectivity index (χ0) is 13.9. The van der Waals surface area contributed by atoms with Crippen molar-refractivity contribution in [2.75, 3.05) is 0 Å². The molecule has 0 aromatic heterocycles. The number of aliphatic hydroxyl groups excluding tert-OH is 1. The highest BCUT2D eigenvalue weighted by Gasteiger charge is 2.36. The van der Waals surface area contributed by atoms with Gasteiger partial charge < -0.3 is 5.11 Å². The summed E-state index contributed by atoms with van der Waals surface area (Å²) in [5.41, 5.74) is 1.30. The van der Waals surface area contributed by atoms with Crippen LogP contribution >= 0.6 is 0 Å². The predicted molar refractivity (Wildman–Crippen MR) is 73.7 cm³/mol. The summed E-state index contributed by atoms with van der Waals surface area (Å²) in [6.45, 7) is 10.2. The van der Waals surface area contributed by atoms with Gasteiger partial charge in [-0.2, -0.15) is 0 Å². The van der Waals surface area contributed by atoms with Crippen LogP contribution in [0.5, 0.6) is 0 Å². The molecule has 0 aromatic carbocycles. The lowest BCUT2D eigenvalue weighted by Gasteiger charge is -2.28. The maximum Gasteiger partial charge on any atom is 0.188 e. The van der Waals surface area contributed by atoms with Crippen LogP contribution in [0.2, 0.25) is 0 Å². The molecule has 0 heterocycles. The summed E-state index contributed by atoms with van der Waals surface area (Å²) < 4.78 is 0. The second-order valence-corrected chi connectivity index (χ2v) is 6.05. The molecule has 0 amide bonds. The van der Waals surface area contributed by atoms with E-state index in [0.29, 0.717) is 24.5 Å². The van der Waals surface area contributed by atoms with Crippen molar-refractivity contribution in [2.24, 2.45) is 5.41 Å². The zero-order valence-corrected chi connectivity index (χ0v) is 12.3. The Balaban J connectivity index is 3.13. The van der Waals surface area contributed by atoms with E-state index in [-0.39, 0.29) is 17.0 Å². The fourth-order valence-electron chi connectivity index (χ4n) is 2.38. The molecule has 1 aliphatic carbocycles. The molecule has 0 saturated heterocycles. The molecule has 0 radical (unpaired) electrons. The Morgan fingerprint density at radius 2 is 2.00 bits per heavy atom. The Morgan fingerprint density at radius 1 is 1.39 bits per heavy atom. The number of allylic oxidation sites excluding steroid dienone is 2. The van der Waals surface area contributed by atoms with Crippen molar-refractivity contribution in [3.05, 3.63) is 11.3 Å². The molecule has 0 unspecified atom stereocenters. The Hall–Kier alpha value is -1.12. The molecular formula is C15H26NO2+. The number of Topliss-reactive ketones (excluding diaryl/α,β-unsaturated/α-hetero) is 1. The number of aliphatic hydroxyl groups is 1. The first-order valence-electron chi connectivity index (χ1n) is 6.88. The maximum absolute atomic E-state index is 12.2. The average molecular weight is 252 g/mol. The minimum Gasteiger partial charge on any atom is -0.511 e. The molecule has 3 heteroatoms. The third-order valence-electron chi connectivity index (χ3n) is 3.54. The van der Waals surface area contributed by atoms with E-state index in [1.54, 1.807) is 0 Å². The highest BCUT2D eigenvalue weighted by atomic mass is 16.3. The van der Waals surface area contributed by atoms with E-state index in [2.05, 4.69) is 18.8 Å². The van der Waals surface area contributed by atoms with Gasteiger partial charge in [0.15, 0.2) is 11.5 Å². The van der Waals surface area contributed by atoms with Crippen molar-refractivity contribution in [2.45, 2.75) is 66.3 Å². The van der Waals surface area contributed by atoms with Gasteiger partial charge in [0.1, 0.15) is 17.4 Å².